The van der Waals surface area contributed by atoms with Gasteiger partial charge in [0, 0.05) is 43.9 Å². The van der Waals surface area contributed by atoms with E-state index in [-0.39, 0.29) is 24.5 Å². The van der Waals surface area contributed by atoms with Crippen molar-refractivity contribution in [2.45, 2.75) is 18.9 Å². The summed E-state index contributed by atoms with van der Waals surface area (Å²) in [5.41, 5.74) is 6.28. The molecule has 0 saturated carbocycles. The molecule has 2 aliphatic heterocycles. The number of hydrogen-bond acceptors (Lipinski definition) is 4. The summed E-state index contributed by atoms with van der Waals surface area (Å²) in [4.78, 5) is 27.5. The minimum Gasteiger partial charge on any atom is -0.484 e. The van der Waals surface area contributed by atoms with Gasteiger partial charge >= 0.3 is 0 Å². The average Bonchev–Trinajstić information content (AvgIpc) is 2.86. The Labute approximate surface area is 123 Å². The van der Waals surface area contributed by atoms with Gasteiger partial charge in [0.2, 0.25) is 5.91 Å². The minimum absolute atomic E-state index is 0.00409. The highest BCUT2D eigenvalue weighted by Crippen LogP contribution is 2.23. The molecule has 0 aromatic heterocycles. The van der Waals surface area contributed by atoms with Crippen LogP contribution in [0.2, 0.25) is 0 Å². The number of piperazine rings is 1. The van der Waals surface area contributed by atoms with Gasteiger partial charge in [-0.1, -0.05) is 6.07 Å². The van der Waals surface area contributed by atoms with Crippen LogP contribution in [0, 0.1) is 0 Å². The molecule has 1 aromatic carbocycles. The fraction of sp³-hybridized carbons (Fsp3) is 0.467. The standard InChI is InChI=1S/C15H19N3O3/c16-11-2-1-3-13(8-11)21-10-15(20)17-6-7-18-12(9-17)4-5-14(18)19/h1-3,8,12H,4-7,9-10,16H2. The molecule has 0 aliphatic carbocycles. The molecule has 3 rings (SSSR count). The van der Waals surface area contributed by atoms with Crippen molar-refractivity contribution in [1.29, 1.82) is 0 Å². The Kier molecular flexibility index (Phi) is 3.68. The Hall–Kier alpha value is -2.24. The van der Waals surface area contributed by atoms with Crippen LogP contribution in [-0.2, 0) is 9.59 Å². The van der Waals surface area contributed by atoms with Crippen LogP contribution in [0.15, 0.2) is 24.3 Å². The monoisotopic (exact) mass is 289 g/mol. The number of carbonyl (C=O) groups excluding carboxylic acids is 2. The fourth-order valence-corrected chi connectivity index (χ4v) is 2.93. The van der Waals surface area contributed by atoms with Crippen molar-refractivity contribution in [2.24, 2.45) is 0 Å². The van der Waals surface area contributed by atoms with E-state index in [0.717, 1.165) is 6.42 Å². The predicted molar refractivity (Wildman–Crippen MR) is 77.7 cm³/mol. The molecule has 2 amide bonds. The number of benzene rings is 1. The van der Waals surface area contributed by atoms with Crippen LogP contribution in [0.4, 0.5) is 5.69 Å². The summed E-state index contributed by atoms with van der Waals surface area (Å²) in [6.07, 6.45) is 1.45. The molecular weight excluding hydrogens is 270 g/mol. The molecule has 0 bridgehead atoms. The van der Waals surface area contributed by atoms with E-state index in [1.807, 2.05) is 4.90 Å². The summed E-state index contributed by atoms with van der Waals surface area (Å²) in [5.74, 6) is 0.762. The van der Waals surface area contributed by atoms with Crippen molar-refractivity contribution in [3.63, 3.8) is 0 Å². The third-order valence-electron chi connectivity index (χ3n) is 4.07. The number of nitrogen functional groups attached to an aromatic ring is 1. The van der Waals surface area contributed by atoms with Crippen LogP contribution in [-0.4, -0.2) is 53.9 Å². The Bertz CT molecular complexity index is 561. The number of rotatable bonds is 3. The topological polar surface area (TPSA) is 75.9 Å². The lowest BCUT2D eigenvalue weighted by Crippen LogP contribution is -2.54. The van der Waals surface area contributed by atoms with Crippen molar-refractivity contribution in [3.8, 4) is 5.75 Å². The van der Waals surface area contributed by atoms with Gasteiger partial charge in [-0.3, -0.25) is 9.59 Å². The van der Waals surface area contributed by atoms with E-state index < -0.39 is 0 Å². The van der Waals surface area contributed by atoms with Gasteiger partial charge in [0.15, 0.2) is 6.61 Å². The Morgan fingerprint density at radius 1 is 1.38 bits per heavy atom. The van der Waals surface area contributed by atoms with E-state index in [2.05, 4.69) is 0 Å². The van der Waals surface area contributed by atoms with E-state index >= 15 is 0 Å². The molecule has 1 atom stereocenters. The van der Waals surface area contributed by atoms with Crippen LogP contribution >= 0.6 is 0 Å². The summed E-state index contributed by atoms with van der Waals surface area (Å²) in [6, 6.07) is 7.21. The molecule has 2 fully saturated rings. The first-order valence-corrected chi connectivity index (χ1v) is 7.19. The number of amides is 2. The molecule has 2 heterocycles. The van der Waals surface area contributed by atoms with Gasteiger partial charge in [-0.05, 0) is 18.6 Å². The molecule has 112 valence electrons. The Balaban J connectivity index is 1.53. The maximum atomic E-state index is 12.2. The summed E-state index contributed by atoms with van der Waals surface area (Å²) < 4.78 is 5.48. The van der Waals surface area contributed by atoms with Crippen LogP contribution in [0.5, 0.6) is 5.75 Å². The van der Waals surface area contributed by atoms with E-state index in [0.29, 0.717) is 37.5 Å². The third-order valence-corrected chi connectivity index (χ3v) is 4.07. The van der Waals surface area contributed by atoms with Crippen molar-refractivity contribution in [1.82, 2.24) is 9.80 Å². The molecule has 2 saturated heterocycles. The average molecular weight is 289 g/mol. The molecule has 0 spiro atoms. The lowest BCUT2D eigenvalue weighted by molar-refractivity contribution is -0.140. The van der Waals surface area contributed by atoms with Crippen LogP contribution in [0.1, 0.15) is 12.8 Å². The normalized spacial score (nSPS) is 21.3. The molecule has 2 aliphatic rings. The highest BCUT2D eigenvalue weighted by atomic mass is 16.5. The molecular formula is C15H19N3O3. The molecule has 1 aromatic rings. The fourth-order valence-electron chi connectivity index (χ4n) is 2.93. The molecule has 6 heteroatoms. The van der Waals surface area contributed by atoms with Gasteiger partial charge < -0.3 is 20.3 Å². The highest BCUT2D eigenvalue weighted by molar-refractivity contribution is 5.81. The van der Waals surface area contributed by atoms with Gasteiger partial charge in [0.25, 0.3) is 5.91 Å². The number of carbonyl (C=O) groups is 2. The van der Waals surface area contributed by atoms with Crippen molar-refractivity contribution >= 4 is 17.5 Å². The first-order valence-electron chi connectivity index (χ1n) is 7.19. The summed E-state index contributed by atoms with van der Waals surface area (Å²) in [7, 11) is 0. The number of nitrogens with zero attached hydrogens (tertiary/aromatic N) is 2. The highest BCUT2D eigenvalue weighted by Gasteiger charge is 2.36. The minimum atomic E-state index is -0.0450. The van der Waals surface area contributed by atoms with Gasteiger partial charge in [-0.2, -0.15) is 0 Å². The maximum absolute atomic E-state index is 12.2. The summed E-state index contributed by atoms with van der Waals surface area (Å²) in [6.45, 7) is 1.84. The number of hydrogen-bond donors (Lipinski definition) is 1. The van der Waals surface area contributed by atoms with Crippen LogP contribution in [0.25, 0.3) is 0 Å². The lowest BCUT2D eigenvalue weighted by atomic mass is 10.1. The second-order valence-corrected chi connectivity index (χ2v) is 5.48. The number of ether oxygens (including phenoxy) is 1. The second kappa shape index (κ2) is 5.63. The first kappa shape index (κ1) is 13.7. The van der Waals surface area contributed by atoms with Crippen molar-refractivity contribution in [2.75, 3.05) is 32.0 Å². The lowest BCUT2D eigenvalue weighted by Gasteiger charge is -2.37. The zero-order chi connectivity index (χ0) is 14.8. The number of anilines is 1. The molecule has 0 radical (unpaired) electrons. The van der Waals surface area contributed by atoms with Crippen LogP contribution in [0.3, 0.4) is 0 Å². The first-order chi connectivity index (χ1) is 10.1. The zero-order valence-corrected chi connectivity index (χ0v) is 11.8. The van der Waals surface area contributed by atoms with Gasteiger partial charge in [0.1, 0.15) is 5.75 Å². The third kappa shape index (κ3) is 2.94. The van der Waals surface area contributed by atoms with Crippen LogP contribution < -0.4 is 10.5 Å². The molecule has 21 heavy (non-hydrogen) atoms. The van der Waals surface area contributed by atoms with Gasteiger partial charge in [-0.15, -0.1) is 0 Å². The summed E-state index contributed by atoms with van der Waals surface area (Å²) >= 11 is 0. The van der Waals surface area contributed by atoms with E-state index in [1.54, 1.807) is 29.2 Å². The number of nitrogens with two attached hydrogens (primary N) is 1. The smallest absolute Gasteiger partial charge is 0.260 e. The summed E-state index contributed by atoms with van der Waals surface area (Å²) in [5, 5.41) is 0. The Morgan fingerprint density at radius 2 is 2.24 bits per heavy atom. The van der Waals surface area contributed by atoms with Gasteiger partial charge in [-0.25, -0.2) is 0 Å². The van der Waals surface area contributed by atoms with E-state index in [4.69, 9.17) is 10.5 Å². The van der Waals surface area contributed by atoms with Crippen molar-refractivity contribution in [3.05, 3.63) is 24.3 Å². The second-order valence-electron chi connectivity index (χ2n) is 5.48. The zero-order valence-electron chi connectivity index (χ0n) is 11.8. The van der Waals surface area contributed by atoms with Crippen molar-refractivity contribution < 1.29 is 14.3 Å². The van der Waals surface area contributed by atoms with Gasteiger partial charge in [0.05, 0.1) is 0 Å². The predicted octanol–water partition coefficient (Wildman–Crippen LogP) is 0.481. The van der Waals surface area contributed by atoms with E-state index in [9.17, 15) is 9.59 Å². The number of fused-ring (bicyclic) bond motifs is 1. The Morgan fingerprint density at radius 3 is 3.05 bits per heavy atom. The molecule has 6 nitrogen and oxygen atoms in total. The molecule has 1 unspecified atom stereocenters. The molecule has 2 N–H and O–H groups in total. The van der Waals surface area contributed by atoms with E-state index in [1.165, 1.54) is 0 Å². The largest absolute Gasteiger partial charge is 0.484 e. The maximum Gasteiger partial charge on any atom is 0.260 e. The quantitative estimate of drug-likeness (QED) is 0.821. The SMILES string of the molecule is Nc1cccc(OCC(=O)N2CCN3C(=O)CCC3C2)c1.